The Balaban J connectivity index is 0. The summed E-state index contributed by atoms with van der Waals surface area (Å²) in [6.07, 6.45) is 2.29. The van der Waals surface area contributed by atoms with E-state index in [1.807, 2.05) is 0 Å². The van der Waals surface area contributed by atoms with Crippen molar-refractivity contribution in [1.82, 2.24) is 0 Å². The monoisotopic (exact) mass is 174 g/mol. The first-order valence-corrected chi connectivity index (χ1v) is 3.75. The van der Waals surface area contributed by atoms with Crippen LogP contribution in [0.2, 0.25) is 0 Å². The second-order valence-electron chi connectivity index (χ2n) is 1.33. The summed E-state index contributed by atoms with van der Waals surface area (Å²) in [6.45, 7) is 0. The summed E-state index contributed by atoms with van der Waals surface area (Å²) < 4.78 is 33.9. The Morgan fingerprint density at radius 3 is 2.40 bits per heavy atom. The Kier molecular flexibility index (Phi) is 8.08. The molecule has 0 saturated carbocycles. The molecule has 4 nitrogen and oxygen atoms in total. The quantitative estimate of drug-likeness (QED) is 0.255. The minimum Gasteiger partial charge on any atom is -0.748 e. The fraction of sp³-hybridized carbons (Fsp3) is 0.500. The summed E-state index contributed by atoms with van der Waals surface area (Å²) in [4.78, 5) is 0. The molecule has 0 aromatic carbocycles. The third kappa shape index (κ3) is 11.3. The number of hydrogen-bond acceptors (Lipinski definition) is 4. The van der Waals surface area contributed by atoms with Gasteiger partial charge in [-0.3, -0.25) is 0 Å². The zero-order chi connectivity index (χ0) is 7.33. The van der Waals surface area contributed by atoms with Crippen LogP contribution in [0.3, 0.4) is 0 Å². The van der Waals surface area contributed by atoms with Gasteiger partial charge in [0.1, 0.15) is 0 Å². The molecule has 10 heavy (non-hydrogen) atoms. The largest absolute Gasteiger partial charge is 1.00 e. The van der Waals surface area contributed by atoms with E-state index in [0.717, 1.165) is 12.3 Å². The summed E-state index contributed by atoms with van der Waals surface area (Å²) in [5.74, 6) is -0.513. The average Bonchev–Trinajstić information content (AvgIpc) is 1.63. The van der Waals surface area contributed by atoms with E-state index in [1.54, 1.807) is 0 Å². The molecule has 54 valence electrons. The van der Waals surface area contributed by atoms with Gasteiger partial charge in [0.25, 0.3) is 0 Å². The van der Waals surface area contributed by atoms with Crippen molar-refractivity contribution in [2.24, 2.45) is 0 Å². The summed E-state index contributed by atoms with van der Waals surface area (Å²) in [7, 11) is -2.74. The van der Waals surface area contributed by atoms with Crippen LogP contribution in [0.4, 0.5) is 0 Å². The van der Waals surface area contributed by atoms with Gasteiger partial charge in [-0.15, -0.1) is 0 Å². The van der Waals surface area contributed by atoms with E-state index in [0.29, 0.717) is 0 Å². The Bertz CT molecular complexity index is 183. The molecule has 0 atom stereocenters. The average molecular weight is 174 g/mol. The first-order chi connectivity index (χ1) is 4.06. The van der Waals surface area contributed by atoms with Crippen LogP contribution in [0.1, 0.15) is 0 Å². The first-order valence-electron chi connectivity index (χ1n) is 2.17. The minimum absolute atomic E-state index is 0. The van der Waals surface area contributed by atoms with Crippen LogP contribution in [0.5, 0.6) is 0 Å². The van der Waals surface area contributed by atoms with Crippen molar-refractivity contribution in [3.63, 3.8) is 0 Å². The van der Waals surface area contributed by atoms with Crippen LogP contribution in [0.15, 0.2) is 12.3 Å². The van der Waals surface area contributed by atoms with Crippen LogP contribution in [-0.4, -0.2) is 25.8 Å². The predicted octanol–water partition coefficient (Wildman–Crippen LogP) is -3.30. The van der Waals surface area contributed by atoms with E-state index >= 15 is 0 Å². The van der Waals surface area contributed by atoms with Crippen LogP contribution < -0.4 is 29.6 Å². The molecule has 0 aromatic heterocycles. The van der Waals surface area contributed by atoms with E-state index < -0.39 is 15.9 Å². The Labute approximate surface area is 82.3 Å². The van der Waals surface area contributed by atoms with Gasteiger partial charge in [-0.1, -0.05) is 0 Å². The smallest absolute Gasteiger partial charge is 0.748 e. The van der Waals surface area contributed by atoms with Crippen LogP contribution in [0, 0.1) is 0 Å². The Morgan fingerprint density at radius 1 is 1.60 bits per heavy atom. The van der Waals surface area contributed by atoms with E-state index in [2.05, 4.69) is 4.74 Å². The molecule has 6 heteroatoms. The molecule has 0 bridgehead atoms. The van der Waals surface area contributed by atoms with Gasteiger partial charge in [0, 0.05) is 0 Å². The summed E-state index contributed by atoms with van der Waals surface area (Å²) in [6, 6.07) is 0. The predicted molar refractivity (Wildman–Crippen MR) is 30.7 cm³/mol. The number of methoxy groups -OCH3 is 1. The van der Waals surface area contributed by atoms with Crippen molar-refractivity contribution < 1.29 is 47.3 Å². The van der Waals surface area contributed by atoms with E-state index in [1.165, 1.54) is 7.11 Å². The zero-order valence-corrected chi connectivity index (χ0v) is 8.72. The second kappa shape index (κ2) is 6.18. The standard InChI is InChI=1S/C4H8O4S.Na/c1-8-3-2-4-9(5,6)7;/h2-3H,4H2,1H3,(H,5,6,7);/q;+1/p-1. The van der Waals surface area contributed by atoms with E-state index in [-0.39, 0.29) is 29.6 Å². The van der Waals surface area contributed by atoms with Crippen molar-refractivity contribution >= 4 is 10.1 Å². The maximum Gasteiger partial charge on any atom is 1.00 e. The van der Waals surface area contributed by atoms with Gasteiger partial charge in [0.05, 0.1) is 29.2 Å². The van der Waals surface area contributed by atoms with Gasteiger partial charge in [0.2, 0.25) is 0 Å². The molecule has 0 saturated heterocycles. The molecule has 0 heterocycles. The molecule has 0 N–H and O–H groups in total. The molecule has 0 aliphatic heterocycles. The fourth-order valence-corrected chi connectivity index (χ4v) is 0.568. The third-order valence-electron chi connectivity index (χ3n) is 0.533. The van der Waals surface area contributed by atoms with Crippen LogP contribution in [0.25, 0.3) is 0 Å². The number of ether oxygens (including phenoxy) is 1. The second-order valence-corrected chi connectivity index (χ2v) is 2.78. The molecule has 0 radical (unpaired) electrons. The minimum atomic E-state index is -4.11. The van der Waals surface area contributed by atoms with Crippen molar-refractivity contribution in [2.45, 2.75) is 0 Å². The molecule has 0 amide bonds. The molecule has 0 aliphatic rings. The summed E-state index contributed by atoms with van der Waals surface area (Å²) in [5.41, 5.74) is 0. The molecule has 0 spiro atoms. The molecular formula is C4H7NaO4S. The topological polar surface area (TPSA) is 66.4 Å². The van der Waals surface area contributed by atoms with Crippen LogP contribution in [-0.2, 0) is 14.9 Å². The van der Waals surface area contributed by atoms with E-state index in [4.69, 9.17) is 0 Å². The maximum atomic E-state index is 9.84. The third-order valence-corrected chi connectivity index (χ3v) is 1.13. The fourth-order valence-electron chi connectivity index (χ4n) is 0.253. The van der Waals surface area contributed by atoms with Gasteiger partial charge in [-0.05, 0) is 6.08 Å². The molecular weight excluding hydrogens is 167 g/mol. The molecule has 0 fully saturated rings. The van der Waals surface area contributed by atoms with Gasteiger partial charge < -0.3 is 9.29 Å². The van der Waals surface area contributed by atoms with Crippen molar-refractivity contribution in [2.75, 3.05) is 12.9 Å². The number of rotatable bonds is 3. The van der Waals surface area contributed by atoms with Crippen molar-refractivity contribution in [1.29, 1.82) is 0 Å². The molecule has 0 unspecified atom stereocenters. The molecule has 0 rings (SSSR count). The van der Waals surface area contributed by atoms with Gasteiger partial charge in [-0.2, -0.15) is 0 Å². The van der Waals surface area contributed by atoms with Crippen molar-refractivity contribution in [3.8, 4) is 0 Å². The first kappa shape index (κ1) is 13.1. The van der Waals surface area contributed by atoms with Crippen LogP contribution >= 0.6 is 0 Å². The molecule has 0 aliphatic carbocycles. The Hall–Kier alpha value is 0.450. The summed E-state index contributed by atoms with van der Waals surface area (Å²) >= 11 is 0. The summed E-state index contributed by atoms with van der Waals surface area (Å²) in [5, 5.41) is 0. The number of hydrogen-bond donors (Lipinski definition) is 0. The maximum absolute atomic E-state index is 9.84. The van der Waals surface area contributed by atoms with E-state index in [9.17, 15) is 13.0 Å². The Morgan fingerprint density at radius 2 is 2.10 bits per heavy atom. The molecule has 0 aromatic rings. The van der Waals surface area contributed by atoms with Gasteiger partial charge in [-0.25, -0.2) is 8.42 Å². The van der Waals surface area contributed by atoms with Crippen molar-refractivity contribution in [3.05, 3.63) is 12.3 Å². The SMILES string of the molecule is COC=CCS(=O)(=O)[O-].[Na+]. The van der Waals surface area contributed by atoms with Gasteiger partial charge in [0.15, 0.2) is 0 Å². The zero-order valence-electron chi connectivity index (χ0n) is 5.90. The van der Waals surface area contributed by atoms with Gasteiger partial charge >= 0.3 is 29.6 Å². The normalized spacial score (nSPS) is 11.0.